The van der Waals surface area contributed by atoms with E-state index in [-0.39, 0.29) is 29.4 Å². The lowest BCUT2D eigenvalue weighted by Gasteiger charge is -2.23. The Morgan fingerprint density at radius 2 is 1.74 bits per heavy atom. The molecule has 0 spiro atoms. The van der Waals surface area contributed by atoms with Gasteiger partial charge in [-0.2, -0.15) is 8.78 Å². The predicted octanol–water partition coefficient (Wildman–Crippen LogP) is 4.00. The van der Waals surface area contributed by atoms with Crippen molar-refractivity contribution < 1.29 is 41.5 Å². The number of hydrogen-bond acceptors (Lipinski definition) is 7. The number of halogens is 4. The molecule has 1 aliphatic rings. The highest BCUT2D eigenvalue weighted by Gasteiger charge is 2.46. The molecule has 1 fully saturated rings. The van der Waals surface area contributed by atoms with E-state index in [9.17, 15) is 23.2 Å². The van der Waals surface area contributed by atoms with Gasteiger partial charge in [-0.05, 0) is 43.2 Å². The summed E-state index contributed by atoms with van der Waals surface area (Å²) < 4.78 is 77.5. The smallest absolute Gasteiger partial charge is 0.387 e. The van der Waals surface area contributed by atoms with Crippen LogP contribution in [0.15, 0.2) is 54.7 Å². The van der Waals surface area contributed by atoms with Gasteiger partial charge in [-0.3, -0.25) is 15.0 Å². The van der Waals surface area contributed by atoms with E-state index in [2.05, 4.69) is 15.0 Å². The van der Waals surface area contributed by atoms with Gasteiger partial charge < -0.3 is 19.1 Å². The summed E-state index contributed by atoms with van der Waals surface area (Å²) in [4.78, 5) is 19.1. The van der Waals surface area contributed by atoms with Crippen LogP contribution < -0.4 is 25.0 Å². The number of alkyl halides is 2. The maximum atomic E-state index is 15.2. The number of carbonyl (C=O) groups is 1. The average Bonchev–Trinajstić information content (AvgIpc) is 3.18. The Labute approximate surface area is 221 Å². The van der Waals surface area contributed by atoms with Crippen molar-refractivity contribution in [1.29, 1.82) is 0 Å². The molecule has 2 aromatic carbocycles. The van der Waals surface area contributed by atoms with Crippen LogP contribution in [0.3, 0.4) is 0 Å². The number of ether oxygens (including phenoxy) is 2. The van der Waals surface area contributed by atoms with E-state index >= 15 is 8.78 Å². The molecule has 0 saturated carbocycles. The van der Waals surface area contributed by atoms with Crippen molar-refractivity contribution in [2.45, 2.75) is 24.8 Å². The van der Waals surface area contributed by atoms with Crippen molar-refractivity contribution in [1.82, 2.24) is 10.3 Å². The highest BCUT2D eigenvalue weighted by molar-refractivity contribution is 7.70. The minimum absolute atomic E-state index is 0.0597. The Balaban J connectivity index is 1.73. The van der Waals surface area contributed by atoms with Gasteiger partial charge in [0.1, 0.15) is 42.3 Å². The van der Waals surface area contributed by atoms with E-state index in [0.717, 1.165) is 12.1 Å². The Hall–Kier alpha value is -3.47. The van der Waals surface area contributed by atoms with Crippen molar-refractivity contribution in [3.05, 3.63) is 77.5 Å². The summed E-state index contributed by atoms with van der Waals surface area (Å²) in [7, 11) is -1.67. The van der Waals surface area contributed by atoms with Crippen LogP contribution in [0.1, 0.15) is 23.3 Å². The predicted molar refractivity (Wildman–Crippen MR) is 136 cm³/mol. The number of nitrogens with one attached hydrogen (secondary N) is 1. The molecule has 3 atom stereocenters. The number of benzene rings is 2. The van der Waals surface area contributed by atoms with Gasteiger partial charge in [0.25, 0.3) is 0 Å². The monoisotopic (exact) mass is 567 g/mol. The zero-order valence-corrected chi connectivity index (χ0v) is 22.0. The molecular weight excluding hydrogens is 541 g/mol. The van der Waals surface area contributed by atoms with Gasteiger partial charge in [0, 0.05) is 36.4 Å². The highest BCUT2D eigenvalue weighted by Crippen LogP contribution is 2.41. The molecule has 0 bridgehead atoms. The lowest BCUT2D eigenvalue weighted by atomic mass is 9.92. The fourth-order valence-electron chi connectivity index (χ4n) is 4.52. The van der Waals surface area contributed by atoms with Crippen LogP contribution in [0.5, 0.6) is 11.5 Å². The summed E-state index contributed by atoms with van der Waals surface area (Å²) in [5, 5.41) is 13.9. The maximum absolute atomic E-state index is 15.2. The second-order valence-electron chi connectivity index (χ2n) is 9.25. The Morgan fingerprint density at radius 1 is 1.10 bits per heavy atom. The van der Waals surface area contributed by atoms with Crippen LogP contribution in [-0.2, 0) is 9.36 Å². The molecule has 1 aliphatic heterocycles. The van der Waals surface area contributed by atoms with Gasteiger partial charge >= 0.3 is 6.61 Å². The van der Waals surface area contributed by atoms with Gasteiger partial charge in [-0.15, -0.1) is 0 Å². The summed E-state index contributed by atoms with van der Waals surface area (Å²) in [5.41, 5.74) is -0.229. The number of aromatic nitrogens is 1. The first-order valence-electron chi connectivity index (χ1n) is 11.7. The number of pyridine rings is 1. The molecule has 2 unspecified atom stereocenters. The standard InChI is InChI=1S/C26H26F4N3O5P/c1-37-16-11-18(27)21(19(28)12-16)17-13-33(23-20(39(2,3)36)5-4-10-31-23)25(35)22(17)32-24(34)14-6-8-15(9-7-14)38-26(29)30/h4-12,17,22,24,26,32,34H,13H2,1-3H3/t17-,22?,24?/m0/s1. The van der Waals surface area contributed by atoms with E-state index in [1.54, 1.807) is 12.1 Å². The molecule has 1 amide bonds. The number of nitrogens with zero attached hydrogens (tertiary/aromatic N) is 2. The topological polar surface area (TPSA) is 101 Å². The molecule has 39 heavy (non-hydrogen) atoms. The van der Waals surface area contributed by atoms with Crippen LogP contribution in [-0.4, -0.2) is 55.6 Å². The van der Waals surface area contributed by atoms with E-state index < -0.39 is 55.0 Å². The number of anilines is 1. The van der Waals surface area contributed by atoms with Crippen LogP contribution >= 0.6 is 7.14 Å². The number of hydrogen-bond donors (Lipinski definition) is 2. The minimum atomic E-state index is -3.03. The summed E-state index contributed by atoms with van der Waals surface area (Å²) in [6, 6.07) is 8.77. The number of aliphatic hydroxyl groups is 1. The molecule has 2 N–H and O–H groups in total. The number of aliphatic hydroxyl groups excluding tert-OH is 1. The quantitative estimate of drug-likeness (QED) is 0.229. The van der Waals surface area contributed by atoms with Crippen LogP contribution in [0.25, 0.3) is 0 Å². The van der Waals surface area contributed by atoms with Gasteiger partial charge in [0.05, 0.1) is 18.5 Å². The van der Waals surface area contributed by atoms with E-state index in [1.807, 2.05) is 0 Å². The lowest BCUT2D eigenvalue weighted by molar-refractivity contribution is -0.119. The first kappa shape index (κ1) is 28.5. The minimum Gasteiger partial charge on any atom is -0.497 e. The first-order chi connectivity index (χ1) is 18.4. The Morgan fingerprint density at radius 3 is 2.31 bits per heavy atom. The SMILES string of the molecule is COc1cc(F)c([C@@H]2CN(c3ncccc3P(C)(C)=O)C(=O)C2NC(O)c2ccc(OC(F)F)cc2)c(F)c1. The van der Waals surface area contributed by atoms with E-state index in [1.165, 1.54) is 55.8 Å². The van der Waals surface area contributed by atoms with Crippen molar-refractivity contribution in [2.75, 3.05) is 31.9 Å². The number of carbonyl (C=O) groups excluding carboxylic acids is 1. The third-order valence-corrected chi connectivity index (χ3v) is 7.84. The lowest BCUT2D eigenvalue weighted by Crippen LogP contribution is -2.43. The maximum Gasteiger partial charge on any atom is 0.387 e. The van der Waals surface area contributed by atoms with Crippen LogP contribution in [0, 0.1) is 11.6 Å². The zero-order chi connectivity index (χ0) is 28.5. The largest absolute Gasteiger partial charge is 0.497 e. The molecule has 2 heterocycles. The van der Waals surface area contributed by atoms with Crippen molar-refractivity contribution in [2.24, 2.45) is 0 Å². The molecule has 4 rings (SSSR count). The highest BCUT2D eigenvalue weighted by atomic mass is 31.2. The molecule has 1 aromatic heterocycles. The Kier molecular flexibility index (Phi) is 8.29. The summed E-state index contributed by atoms with van der Waals surface area (Å²) in [5.74, 6) is -3.85. The molecule has 1 saturated heterocycles. The number of amides is 1. The normalized spacial score (nSPS) is 18.5. The summed E-state index contributed by atoms with van der Waals surface area (Å²) in [6.45, 7) is -0.256. The molecule has 0 radical (unpaired) electrons. The average molecular weight is 567 g/mol. The van der Waals surface area contributed by atoms with Crippen molar-refractivity contribution in [3.63, 3.8) is 0 Å². The number of rotatable bonds is 9. The summed E-state index contributed by atoms with van der Waals surface area (Å²) >= 11 is 0. The molecule has 208 valence electrons. The molecule has 13 heteroatoms. The number of methoxy groups -OCH3 is 1. The van der Waals surface area contributed by atoms with Crippen LogP contribution in [0.4, 0.5) is 23.4 Å². The van der Waals surface area contributed by atoms with Gasteiger partial charge in [0.15, 0.2) is 0 Å². The third kappa shape index (κ3) is 6.08. The first-order valence-corrected chi connectivity index (χ1v) is 14.3. The zero-order valence-electron chi connectivity index (χ0n) is 21.1. The third-order valence-electron chi connectivity index (χ3n) is 6.33. The van der Waals surface area contributed by atoms with Crippen molar-refractivity contribution >= 4 is 24.2 Å². The fraction of sp³-hybridized carbons (Fsp3) is 0.308. The van der Waals surface area contributed by atoms with E-state index in [0.29, 0.717) is 5.30 Å². The molecule has 3 aromatic rings. The Bertz CT molecular complexity index is 1380. The second kappa shape index (κ2) is 11.3. The molecule has 8 nitrogen and oxygen atoms in total. The van der Waals surface area contributed by atoms with Crippen LogP contribution in [0.2, 0.25) is 0 Å². The van der Waals surface area contributed by atoms with Gasteiger partial charge in [0.2, 0.25) is 5.91 Å². The second-order valence-corrected chi connectivity index (χ2v) is 12.4. The van der Waals surface area contributed by atoms with Crippen molar-refractivity contribution in [3.8, 4) is 11.5 Å². The fourth-order valence-corrected chi connectivity index (χ4v) is 5.62. The van der Waals surface area contributed by atoms with Gasteiger partial charge in [-0.25, -0.2) is 13.8 Å². The van der Waals surface area contributed by atoms with E-state index in [4.69, 9.17) is 4.74 Å². The van der Waals surface area contributed by atoms with Gasteiger partial charge in [-0.1, -0.05) is 12.1 Å². The molecular formula is C26H26F4N3O5P. The summed E-state index contributed by atoms with van der Waals surface area (Å²) in [6.07, 6.45) is -0.123. The molecule has 0 aliphatic carbocycles.